The minimum Gasteiger partial charge on any atom is -0.490 e. The van der Waals surface area contributed by atoms with Crippen LogP contribution in [0.15, 0.2) is 30.7 Å². The van der Waals surface area contributed by atoms with Crippen molar-refractivity contribution in [3.8, 4) is 17.2 Å². The average molecular weight is 300 g/mol. The fourth-order valence-corrected chi connectivity index (χ4v) is 2.00. The van der Waals surface area contributed by atoms with Gasteiger partial charge in [-0.3, -0.25) is 0 Å². The van der Waals surface area contributed by atoms with Gasteiger partial charge in [0.1, 0.15) is 18.7 Å². The monoisotopic (exact) mass is 300 g/mol. The maximum atomic E-state index is 5.75. The lowest BCUT2D eigenvalue weighted by Gasteiger charge is -2.10. The minimum absolute atomic E-state index is 0.228. The van der Waals surface area contributed by atoms with Gasteiger partial charge in [0.05, 0.1) is 12.3 Å². The van der Waals surface area contributed by atoms with Gasteiger partial charge in [0.25, 0.3) is 0 Å². The van der Waals surface area contributed by atoms with E-state index in [1.165, 1.54) is 6.33 Å². The van der Waals surface area contributed by atoms with Gasteiger partial charge < -0.3 is 18.9 Å². The fraction of sp³-hybridized carbons (Fsp3) is 0.250. The van der Waals surface area contributed by atoms with E-state index in [9.17, 15) is 0 Å². The van der Waals surface area contributed by atoms with Gasteiger partial charge in [-0.05, 0) is 24.3 Å². The van der Waals surface area contributed by atoms with Crippen molar-refractivity contribution in [3.63, 3.8) is 0 Å². The molecule has 0 aliphatic carbocycles. The first-order valence-corrected chi connectivity index (χ1v) is 6.86. The number of hydrogen-bond donors (Lipinski definition) is 0. The van der Waals surface area contributed by atoms with Crippen molar-refractivity contribution in [2.24, 2.45) is 0 Å². The number of hydrogen-bond acceptors (Lipinski definition) is 6. The molecule has 0 saturated carbocycles. The molecule has 6 nitrogen and oxygen atoms in total. The van der Waals surface area contributed by atoms with Gasteiger partial charge in [0.15, 0.2) is 11.5 Å². The molecule has 3 rings (SSSR count). The van der Waals surface area contributed by atoms with Gasteiger partial charge in [-0.1, -0.05) is 0 Å². The number of nitrogens with zero attached hydrogens (tertiary/aromatic N) is 2. The average Bonchev–Trinajstić information content (AvgIpc) is 3.01. The summed E-state index contributed by atoms with van der Waals surface area (Å²) in [6.07, 6.45) is 7.02. The Labute approximate surface area is 128 Å². The maximum Gasteiger partial charge on any atom is 0.231 e. The summed E-state index contributed by atoms with van der Waals surface area (Å²) in [5.74, 6) is 2.11. The molecule has 6 heteroatoms. The van der Waals surface area contributed by atoms with E-state index in [0.717, 1.165) is 11.3 Å². The van der Waals surface area contributed by atoms with Crippen molar-refractivity contribution < 1.29 is 18.9 Å². The van der Waals surface area contributed by atoms with Crippen molar-refractivity contribution in [2.75, 3.05) is 27.1 Å². The zero-order valence-electron chi connectivity index (χ0n) is 12.2. The topological polar surface area (TPSA) is 62.7 Å². The molecule has 0 amide bonds. The van der Waals surface area contributed by atoms with Crippen LogP contribution in [0.25, 0.3) is 12.2 Å². The lowest BCUT2D eigenvalue weighted by Crippen LogP contribution is -2.05. The number of fused-ring (bicyclic) bond motifs is 1. The summed E-state index contributed by atoms with van der Waals surface area (Å²) in [4.78, 5) is 8.05. The Kier molecular flexibility index (Phi) is 4.50. The Morgan fingerprint density at radius 1 is 1.18 bits per heavy atom. The molecule has 0 atom stereocenters. The van der Waals surface area contributed by atoms with Crippen LogP contribution in [0.4, 0.5) is 0 Å². The van der Waals surface area contributed by atoms with Crippen LogP contribution in [0.3, 0.4) is 0 Å². The van der Waals surface area contributed by atoms with Gasteiger partial charge in [0, 0.05) is 24.9 Å². The van der Waals surface area contributed by atoms with Crippen LogP contribution in [-0.2, 0) is 4.74 Å². The Balaban J connectivity index is 1.85. The molecule has 22 heavy (non-hydrogen) atoms. The van der Waals surface area contributed by atoms with E-state index in [-0.39, 0.29) is 6.79 Å². The third-order valence-corrected chi connectivity index (χ3v) is 3.09. The molecular formula is C16H16N2O4. The van der Waals surface area contributed by atoms with Crippen molar-refractivity contribution in [1.82, 2.24) is 9.97 Å². The maximum absolute atomic E-state index is 5.75. The quantitative estimate of drug-likeness (QED) is 0.763. The SMILES string of the molecule is COCCOc1cc2c(cc1/C=C/c1ccncn1)OCO2. The highest BCUT2D eigenvalue weighted by molar-refractivity contribution is 5.73. The van der Waals surface area contributed by atoms with E-state index >= 15 is 0 Å². The molecule has 0 radical (unpaired) electrons. The van der Waals surface area contributed by atoms with Crippen molar-refractivity contribution >= 4 is 12.2 Å². The smallest absolute Gasteiger partial charge is 0.231 e. The van der Waals surface area contributed by atoms with Gasteiger partial charge in [-0.15, -0.1) is 0 Å². The lowest BCUT2D eigenvalue weighted by molar-refractivity contribution is 0.146. The summed E-state index contributed by atoms with van der Waals surface area (Å²) in [5, 5.41) is 0. The van der Waals surface area contributed by atoms with Crippen LogP contribution in [-0.4, -0.2) is 37.1 Å². The summed E-state index contributed by atoms with van der Waals surface area (Å²) in [6, 6.07) is 5.55. The number of rotatable bonds is 6. The van der Waals surface area contributed by atoms with E-state index in [4.69, 9.17) is 18.9 Å². The van der Waals surface area contributed by atoms with Crippen LogP contribution >= 0.6 is 0 Å². The van der Waals surface area contributed by atoms with Gasteiger partial charge in [0.2, 0.25) is 6.79 Å². The molecule has 114 valence electrons. The number of methoxy groups -OCH3 is 1. The molecule has 1 aliphatic heterocycles. The number of ether oxygens (including phenoxy) is 4. The first-order chi connectivity index (χ1) is 10.9. The molecular weight excluding hydrogens is 284 g/mol. The number of benzene rings is 1. The van der Waals surface area contributed by atoms with Gasteiger partial charge >= 0.3 is 0 Å². The molecule has 0 spiro atoms. The van der Waals surface area contributed by atoms with Crippen LogP contribution < -0.4 is 14.2 Å². The Bertz CT molecular complexity index is 659. The van der Waals surface area contributed by atoms with Crippen molar-refractivity contribution in [3.05, 3.63) is 42.0 Å². The third-order valence-electron chi connectivity index (χ3n) is 3.09. The van der Waals surface area contributed by atoms with Gasteiger partial charge in [-0.2, -0.15) is 0 Å². The minimum atomic E-state index is 0.228. The lowest BCUT2D eigenvalue weighted by atomic mass is 10.1. The van der Waals surface area contributed by atoms with E-state index in [1.54, 1.807) is 13.3 Å². The molecule has 1 aliphatic rings. The predicted molar refractivity (Wildman–Crippen MR) is 80.9 cm³/mol. The van der Waals surface area contributed by atoms with E-state index < -0.39 is 0 Å². The zero-order valence-corrected chi connectivity index (χ0v) is 12.2. The molecule has 0 fully saturated rings. The van der Waals surface area contributed by atoms with Gasteiger partial charge in [-0.25, -0.2) is 9.97 Å². The highest BCUT2D eigenvalue weighted by Crippen LogP contribution is 2.38. The largest absolute Gasteiger partial charge is 0.490 e. The molecule has 0 bridgehead atoms. The number of aromatic nitrogens is 2. The second-order valence-corrected chi connectivity index (χ2v) is 4.55. The predicted octanol–water partition coefficient (Wildman–Crippen LogP) is 2.40. The molecule has 0 saturated heterocycles. The van der Waals surface area contributed by atoms with Crippen LogP contribution in [0.5, 0.6) is 17.2 Å². The summed E-state index contributed by atoms with van der Waals surface area (Å²) in [5.41, 5.74) is 1.70. The summed E-state index contributed by atoms with van der Waals surface area (Å²) in [7, 11) is 1.64. The molecule has 0 N–H and O–H groups in total. The standard InChI is InChI=1S/C16H16N2O4/c1-19-6-7-20-14-9-16-15(21-11-22-16)8-12(14)2-3-13-4-5-17-10-18-13/h2-5,8-10H,6-7,11H2,1H3/b3-2+. The molecule has 2 heterocycles. The Morgan fingerprint density at radius 3 is 2.82 bits per heavy atom. The fourth-order valence-electron chi connectivity index (χ4n) is 2.00. The third kappa shape index (κ3) is 3.35. The summed E-state index contributed by atoms with van der Waals surface area (Å²) < 4.78 is 21.6. The second kappa shape index (κ2) is 6.91. The zero-order chi connectivity index (χ0) is 15.2. The van der Waals surface area contributed by atoms with E-state index in [2.05, 4.69) is 9.97 Å². The molecule has 1 aromatic carbocycles. The summed E-state index contributed by atoms with van der Waals surface area (Å²) >= 11 is 0. The van der Waals surface area contributed by atoms with Crippen LogP contribution in [0, 0.1) is 0 Å². The second-order valence-electron chi connectivity index (χ2n) is 4.55. The van der Waals surface area contributed by atoms with Crippen LogP contribution in [0.1, 0.15) is 11.3 Å². The Morgan fingerprint density at radius 2 is 2.05 bits per heavy atom. The molecule has 2 aromatic rings. The van der Waals surface area contributed by atoms with Crippen molar-refractivity contribution in [2.45, 2.75) is 0 Å². The van der Waals surface area contributed by atoms with E-state index in [1.807, 2.05) is 30.4 Å². The molecule has 1 aromatic heterocycles. The summed E-state index contributed by atoms with van der Waals surface area (Å²) in [6.45, 7) is 1.21. The van der Waals surface area contributed by atoms with Crippen molar-refractivity contribution in [1.29, 1.82) is 0 Å². The van der Waals surface area contributed by atoms with E-state index in [0.29, 0.717) is 30.5 Å². The first kappa shape index (κ1) is 14.3. The first-order valence-electron chi connectivity index (χ1n) is 6.86. The molecule has 0 unspecified atom stereocenters. The van der Waals surface area contributed by atoms with Crippen LogP contribution in [0.2, 0.25) is 0 Å². The highest BCUT2D eigenvalue weighted by Gasteiger charge is 2.17. The highest BCUT2D eigenvalue weighted by atomic mass is 16.7. The Hall–Kier alpha value is -2.60. The normalized spacial score (nSPS) is 12.8.